The fourth-order valence-corrected chi connectivity index (χ4v) is 5.96. The van der Waals surface area contributed by atoms with Crippen molar-refractivity contribution >= 4 is 28.7 Å². The van der Waals surface area contributed by atoms with Crippen LogP contribution in [-0.4, -0.2) is 35.2 Å². The van der Waals surface area contributed by atoms with Gasteiger partial charge in [-0.2, -0.15) is 8.42 Å². The van der Waals surface area contributed by atoms with Gasteiger partial charge in [-0.3, -0.25) is 0 Å². The Labute approximate surface area is 85.9 Å². The zero-order valence-electron chi connectivity index (χ0n) is 7.54. The molecule has 0 aliphatic carbocycles. The van der Waals surface area contributed by atoms with Crippen LogP contribution >= 0.6 is 0 Å². The van der Waals surface area contributed by atoms with Crippen molar-refractivity contribution in [3.05, 3.63) is 21.8 Å². The summed E-state index contributed by atoms with van der Waals surface area (Å²) in [5.41, 5.74) is 0. The van der Waals surface area contributed by atoms with Crippen LogP contribution in [0.15, 0.2) is 21.8 Å². The zero-order valence-corrected chi connectivity index (χ0v) is 9.99. The second-order valence-corrected chi connectivity index (χ2v) is 8.59. The predicted molar refractivity (Wildman–Crippen MR) is 56.1 cm³/mol. The van der Waals surface area contributed by atoms with Crippen LogP contribution in [0.2, 0.25) is 0 Å². The van der Waals surface area contributed by atoms with Gasteiger partial charge in [-0.15, -0.1) is 0 Å². The standard InChI is InChI=1S/C6H9NO4S3/c1-7(2)14(10,11)6-4-3-5-12(6)13(8)9/h3-5H,1-2H3. The molecule has 0 spiro atoms. The lowest BCUT2D eigenvalue weighted by Gasteiger charge is -2.11. The molecule has 5 nitrogen and oxygen atoms in total. The maximum Gasteiger partial charge on any atom is 0.249 e. The van der Waals surface area contributed by atoms with Gasteiger partial charge in [0.25, 0.3) is 0 Å². The minimum atomic E-state index is -3.62. The van der Waals surface area contributed by atoms with E-state index in [-0.39, 0.29) is 4.24 Å². The summed E-state index contributed by atoms with van der Waals surface area (Å²) >= 11 is 0. The van der Waals surface area contributed by atoms with Gasteiger partial charge >= 0.3 is 0 Å². The van der Waals surface area contributed by atoms with Crippen molar-refractivity contribution in [2.24, 2.45) is 0 Å². The molecule has 0 aromatic rings. The molecule has 1 rings (SSSR count). The summed E-state index contributed by atoms with van der Waals surface area (Å²) in [7, 11) is -4.65. The molecule has 1 atom stereocenters. The first kappa shape index (κ1) is 11.6. The zero-order chi connectivity index (χ0) is 10.9. The van der Waals surface area contributed by atoms with Crippen molar-refractivity contribution < 1.29 is 16.8 Å². The third kappa shape index (κ3) is 1.97. The van der Waals surface area contributed by atoms with Gasteiger partial charge < -0.3 is 0 Å². The lowest BCUT2D eigenvalue weighted by atomic mass is 10.6. The van der Waals surface area contributed by atoms with E-state index in [1.807, 2.05) is 0 Å². The first-order valence-electron chi connectivity index (χ1n) is 3.51. The minimum Gasteiger partial charge on any atom is -0.206 e. The molecule has 0 aromatic heterocycles. The van der Waals surface area contributed by atoms with E-state index < -0.39 is 28.7 Å². The molecule has 1 heterocycles. The predicted octanol–water partition coefficient (Wildman–Crippen LogP) is -0.341. The molecule has 0 saturated carbocycles. The third-order valence-electron chi connectivity index (χ3n) is 1.51. The van der Waals surface area contributed by atoms with E-state index in [0.717, 1.165) is 4.31 Å². The number of allylic oxidation sites excluding steroid dienone is 2. The first-order chi connectivity index (χ1) is 6.37. The van der Waals surface area contributed by atoms with E-state index in [9.17, 15) is 16.8 Å². The molecular formula is C6H9NO4S3. The van der Waals surface area contributed by atoms with Gasteiger partial charge in [-0.25, -0.2) is 12.7 Å². The van der Waals surface area contributed by atoms with Crippen LogP contribution < -0.4 is 0 Å². The second kappa shape index (κ2) is 3.97. The molecule has 14 heavy (non-hydrogen) atoms. The van der Waals surface area contributed by atoms with E-state index in [2.05, 4.69) is 0 Å². The molecule has 0 fully saturated rings. The molecule has 0 aromatic carbocycles. The topological polar surface area (TPSA) is 71.5 Å². The Kier molecular flexibility index (Phi) is 3.30. The van der Waals surface area contributed by atoms with E-state index in [1.165, 1.54) is 31.7 Å². The molecule has 80 valence electrons. The van der Waals surface area contributed by atoms with E-state index >= 15 is 0 Å². The summed E-state index contributed by atoms with van der Waals surface area (Å²) in [5, 5.41) is 1.36. The molecule has 1 aliphatic rings. The molecule has 0 N–H and O–H groups in total. The van der Waals surface area contributed by atoms with Gasteiger partial charge in [0.15, 0.2) is 0 Å². The lowest BCUT2D eigenvalue weighted by Crippen LogP contribution is -2.24. The lowest BCUT2D eigenvalue weighted by molar-refractivity contribution is 0.530. The van der Waals surface area contributed by atoms with Crippen molar-refractivity contribution in [2.45, 2.75) is 0 Å². The number of hydrogen-bond acceptors (Lipinski definition) is 4. The van der Waals surface area contributed by atoms with Crippen LogP contribution in [0.5, 0.6) is 0 Å². The first-order valence-corrected chi connectivity index (χ1v) is 7.83. The second-order valence-electron chi connectivity index (χ2n) is 2.60. The highest BCUT2D eigenvalue weighted by molar-refractivity contribution is 8.41. The van der Waals surface area contributed by atoms with Gasteiger partial charge in [0, 0.05) is 23.5 Å². The Morgan fingerprint density at radius 1 is 1.36 bits per heavy atom. The number of rotatable bonds is 2. The average molecular weight is 255 g/mol. The third-order valence-corrected chi connectivity index (χ3v) is 7.59. The van der Waals surface area contributed by atoms with Gasteiger partial charge in [0.05, 0.1) is 0 Å². The van der Waals surface area contributed by atoms with Crippen molar-refractivity contribution in [3.63, 3.8) is 0 Å². The molecule has 1 aliphatic heterocycles. The van der Waals surface area contributed by atoms with Gasteiger partial charge in [-0.1, -0.05) is 6.08 Å². The van der Waals surface area contributed by atoms with Gasteiger partial charge in [0.2, 0.25) is 19.3 Å². The monoisotopic (exact) mass is 255 g/mol. The fraction of sp³-hybridized carbons (Fsp3) is 0.333. The fourth-order valence-electron chi connectivity index (χ4n) is 0.805. The highest BCUT2D eigenvalue weighted by Gasteiger charge is 2.25. The Bertz CT molecular complexity index is 528. The molecule has 0 bridgehead atoms. The summed E-state index contributed by atoms with van der Waals surface area (Å²) in [6.07, 6.45) is 2.75. The highest BCUT2D eigenvalue weighted by atomic mass is 32.9. The van der Waals surface area contributed by atoms with Crippen LogP contribution in [0.3, 0.4) is 0 Å². The summed E-state index contributed by atoms with van der Waals surface area (Å²) in [6, 6.07) is 0. The summed E-state index contributed by atoms with van der Waals surface area (Å²) < 4.78 is 45.6. The molecule has 0 amide bonds. The highest BCUT2D eigenvalue weighted by Crippen LogP contribution is 2.21. The molecule has 0 saturated heterocycles. The Morgan fingerprint density at radius 3 is 2.36 bits per heavy atom. The normalized spacial score (nSPS) is 21.4. The van der Waals surface area contributed by atoms with Crippen LogP contribution in [0, 0.1) is 0 Å². The van der Waals surface area contributed by atoms with E-state index in [1.54, 1.807) is 0 Å². The van der Waals surface area contributed by atoms with Crippen LogP contribution in [-0.2, 0) is 28.7 Å². The number of sulfonamides is 1. The van der Waals surface area contributed by atoms with Crippen molar-refractivity contribution in [3.8, 4) is 0 Å². The van der Waals surface area contributed by atoms with Crippen molar-refractivity contribution in [1.82, 2.24) is 4.31 Å². The van der Waals surface area contributed by atoms with E-state index in [4.69, 9.17) is 0 Å². The smallest absolute Gasteiger partial charge is 0.206 e. The summed E-state index contributed by atoms with van der Waals surface area (Å²) in [5.74, 6) is 0. The Morgan fingerprint density at radius 2 is 1.93 bits per heavy atom. The van der Waals surface area contributed by atoms with Crippen LogP contribution in [0.4, 0.5) is 0 Å². The minimum absolute atomic E-state index is 0.0733. The molecule has 0 radical (unpaired) electrons. The number of nitrogens with zero attached hydrogens (tertiary/aromatic N) is 1. The van der Waals surface area contributed by atoms with Gasteiger partial charge in [-0.05, 0) is 11.5 Å². The van der Waals surface area contributed by atoms with Gasteiger partial charge in [0.1, 0.15) is 4.24 Å². The Hall–Kier alpha value is -0.440. The quantitative estimate of drug-likeness (QED) is 0.676. The Balaban J connectivity index is 3.38. The maximum atomic E-state index is 11.6. The largest absolute Gasteiger partial charge is 0.249 e. The maximum absolute atomic E-state index is 11.6. The van der Waals surface area contributed by atoms with Crippen LogP contribution in [0.1, 0.15) is 0 Å². The van der Waals surface area contributed by atoms with Crippen molar-refractivity contribution in [2.75, 3.05) is 14.1 Å². The SMILES string of the molecule is CN(C)S(=O)(=O)C1=CC=CS1=S(=O)=O. The van der Waals surface area contributed by atoms with Crippen LogP contribution in [0.25, 0.3) is 0 Å². The molecule has 8 heteroatoms. The van der Waals surface area contributed by atoms with Crippen molar-refractivity contribution in [1.29, 1.82) is 0 Å². The van der Waals surface area contributed by atoms with E-state index in [0.29, 0.717) is 0 Å². The number of hydrogen-bond donors (Lipinski definition) is 0. The molecule has 1 unspecified atom stereocenters. The average Bonchev–Trinajstić information content (AvgIpc) is 2.51. The molecular weight excluding hydrogens is 246 g/mol. The summed E-state index contributed by atoms with van der Waals surface area (Å²) in [4.78, 5) is 0. The summed E-state index contributed by atoms with van der Waals surface area (Å²) in [6.45, 7) is 0.